The van der Waals surface area contributed by atoms with Crippen LogP contribution in [0.4, 0.5) is 0 Å². The lowest BCUT2D eigenvalue weighted by molar-refractivity contribution is 0.376. The number of rotatable bonds is 4. The largest absolute Gasteiger partial charge is 0.312 e. The molecule has 0 radical (unpaired) electrons. The van der Waals surface area contributed by atoms with Crippen molar-refractivity contribution in [3.05, 3.63) is 0 Å². The highest BCUT2D eigenvalue weighted by molar-refractivity contribution is 4.71. The number of hydrogen-bond acceptors (Lipinski definition) is 1. The highest BCUT2D eigenvalue weighted by Crippen LogP contribution is 2.26. The van der Waals surface area contributed by atoms with Crippen molar-refractivity contribution in [2.45, 2.75) is 77.7 Å². The van der Waals surface area contributed by atoms with Crippen LogP contribution in [0.2, 0.25) is 0 Å². The normalized spacial score (nSPS) is 20.2. The van der Waals surface area contributed by atoms with Crippen molar-refractivity contribution in [3.63, 3.8) is 0 Å². The molecule has 1 aliphatic carbocycles. The van der Waals surface area contributed by atoms with E-state index in [1.165, 1.54) is 57.9 Å². The summed E-state index contributed by atoms with van der Waals surface area (Å²) in [4.78, 5) is 0. The van der Waals surface area contributed by atoms with Gasteiger partial charge in [0.05, 0.1) is 0 Å². The molecule has 1 N–H and O–H groups in total. The van der Waals surface area contributed by atoms with Crippen molar-refractivity contribution >= 4 is 0 Å². The summed E-state index contributed by atoms with van der Waals surface area (Å²) in [7, 11) is 0. The van der Waals surface area contributed by atoms with Crippen molar-refractivity contribution in [1.29, 1.82) is 0 Å². The Morgan fingerprint density at radius 3 is 2.13 bits per heavy atom. The van der Waals surface area contributed by atoms with Crippen LogP contribution >= 0.6 is 0 Å². The quantitative estimate of drug-likeness (QED) is 0.545. The van der Waals surface area contributed by atoms with Crippen LogP contribution in [0.25, 0.3) is 0 Å². The minimum atomic E-state index is 0.295. The highest BCUT2D eigenvalue weighted by Gasteiger charge is 2.12. The van der Waals surface area contributed by atoms with Crippen LogP contribution in [-0.4, -0.2) is 12.1 Å². The fourth-order valence-corrected chi connectivity index (χ4v) is 2.51. The molecule has 1 heteroatoms. The average Bonchev–Trinajstić information content (AvgIpc) is 2.39. The van der Waals surface area contributed by atoms with E-state index in [4.69, 9.17) is 0 Å². The predicted molar refractivity (Wildman–Crippen MR) is 68.2 cm³/mol. The van der Waals surface area contributed by atoms with Crippen molar-refractivity contribution in [2.75, 3.05) is 6.54 Å². The molecule has 1 fully saturated rings. The highest BCUT2D eigenvalue weighted by atomic mass is 14.9. The third-order valence-electron chi connectivity index (χ3n) is 3.42. The molecule has 15 heavy (non-hydrogen) atoms. The maximum Gasteiger partial charge on any atom is 0.00965 e. The van der Waals surface area contributed by atoms with E-state index in [1.807, 2.05) is 0 Å². The molecule has 0 aromatic heterocycles. The molecule has 0 bridgehead atoms. The molecule has 1 nitrogen and oxygen atoms in total. The standard InChI is InChI=1S/C14H29N/c1-14(2,3)15-12-8-11-13-9-6-4-5-7-10-13/h13,15H,4-12H2,1-3H3. The number of nitrogens with one attached hydrogen (secondary N) is 1. The van der Waals surface area contributed by atoms with Crippen LogP contribution in [-0.2, 0) is 0 Å². The maximum atomic E-state index is 3.58. The van der Waals surface area contributed by atoms with E-state index in [9.17, 15) is 0 Å². The Morgan fingerprint density at radius 1 is 1.00 bits per heavy atom. The molecular weight excluding hydrogens is 182 g/mol. The van der Waals surface area contributed by atoms with Crippen LogP contribution in [0.5, 0.6) is 0 Å². The molecule has 0 heterocycles. The van der Waals surface area contributed by atoms with Crippen molar-refractivity contribution in [3.8, 4) is 0 Å². The molecule has 0 amide bonds. The lowest BCUT2D eigenvalue weighted by Crippen LogP contribution is -2.36. The van der Waals surface area contributed by atoms with Gasteiger partial charge in [-0.1, -0.05) is 38.5 Å². The second-order valence-corrected chi connectivity index (χ2v) is 6.18. The Bertz CT molecular complexity index is 149. The monoisotopic (exact) mass is 211 g/mol. The molecule has 0 spiro atoms. The summed E-state index contributed by atoms with van der Waals surface area (Å²) in [6.45, 7) is 7.94. The maximum absolute atomic E-state index is 3.58. The summed E-state index contributed by atoms with van der Waals surface area (Å²) in [5.74, 6) is 1.04. The summed E-state index contributed by atoms with van der Waals surface area (Å²) in [5, 5.41) is 3.58. The Hall–Kier alpha value is -0.0400. The zero-order chi connectivity index (χ0) is 11.1. The van der Waals surface area contributed by atoms with Crippen LogP contribution in [0.3, 0.4) is 0 Å². The summed E-state index contributed by atoms with van der Waals surface area (Å²) >= 11 is 0. The molecule has 0 saturated heterocycles. The van der Waals surface area contributed by atoms with E-state index in [1.54, 1.807) is 0 Å². The molecule has 0 aromatic rings. The zero-order valence-electron chi connectivity index (χ0n) is 10.9. The minimum absolute atomic E-state index is 0.295. The molecule has 1 rings (SSSR count). The molecule has 1 saturated carbocycles. The van der Waals surface area contributed by atoms with Crippen molar-refractivity contribution in [2.24, 2.45) is 5.92 Å². The van der Waals surface area contributed by atoms with Crippen LogP contribution < -0.4 is 5.32 Å². The lowest BCUT2D eigenvalue weighted by Gasteiger charge is -2.21. The van der Waals surface area contributed by atoms with E-state index in [0.29, 0.717) is 5.54 Å². The van der Waals surface area contributed by atoms with Gasteiger partial charge in [-0.2, -0.15) is 0 Å². The average molecular weight is 211 g/mol. The summed E-state index contributed by atoms with van der Waals surface area (Å²) in [5.41, 5.74) is 0.295. The minimum Gasteiger partial charge on any atom is -0.312 e. The van der Waals surface area contributed by atoms with E-state index in [2.05, 4.69) is 26.1 Å². The third-order valence-corrected chi connectivity index (χ3v) is 3.42. The molecule has 0 aromatic carbocycles. The first-order valence-electron chi connectivity index (χ1n) is 6.83. The SMILES string of the molecule is CC(C)(C)NCCCC1CCCCCC1. The molecule has 0 atom stereocenters. The van der Waals surface area contributed by atoms with Crippen LogP contribution in [0.15, 0.2) is 0 Å². The Morgan fingerprint density at radius 2 is 1.60 bits per heavy atom. The summed E-state index contributed by atoms with van der Waals surface area (Å²) in [6, 6.07) is 0. The predicted octanol–water partition coefficient (Wildman–Crippen LogP) is 4.13. The topological polar surface area (TPSA) is 12.0 Å². The molecule has 0 aliphatic heterocycles. The van der Waals surface area contributed by atoms with Crippen LogP contribution in [0, 0.1) is 5.92 Å². The third kappa shape index (κ3) is 6.94. The second kappa shape index (κ2) is 6.52. The van der Waals surface area contributed by atoms with Gasteiger partial charge in [-0.15, -0.1) is 0 Å². The summed E-state index contributed by atoms with van der Waals surface area (Å²) < 4.78 is 0. The first-order chi connectivity index (χ1) is 7.08. The first-order valence-corrected chi connectivity index (χ1v) is 6.83. The zero-order valence-corrected chi connectivity index (χ0v) is 10.9. The van der Waals surface area contributed by atoms with Gasteiger partial charge in [-0.3, -0.25) is 0 Å². The van der Waals surface area contributed by atoms with Gasteiger partial charge in [0.1, 0.15) is 0 Å². The van der Waals surface area contributed by atoms with Gasteiger partial charge in [0.15, 0.2) is 0 Å². The lowest BCUT2D eigenvalue weighted by atomic mass is 9.95. The molecule has 0 unspecified atom stereocenters. The van der Waals surface area contributed by atoms with Gasteiger partial charge in [-0.25, -0.2) is 0 Å². The molecule has 1 aliphatic rings. The fourth-order valence-electron chi connectivity index (χ4n) is 2.51. The van der Waals surface area contributed by atoms with Gasteiger partial charge < -0.3 is 5.32 Å². The van der Waals surface area contributed by atoms with Gasteiger partial charge in [0.25, 0.3) is 0 Å². The number of hydrogen-bond donors (Lipinski definition) is 1. The van der Waals surface area contributed by atoms with Gasteiger partial charge in [0, 0.05) is 5.54 Å². The van der Waals surface area contributed by atoms with Gasteiger partial charge in [0.2, 0.25) is 0 Å². The second-order valence-electron chi connectivity index (χ2n) is 6.18. The summed E-state index contributed by atoms with van der Waals surface area (Å²) in [6.07, 6.45) is 11.7. The van der Waals surface area contributed by atoms with Crippen molar-refractivity contribution < 1.29 is 0 Å². The van der Waals surface area contributed by atoms with E-state index in [0.717, 1.165) is 5.92 Å². The van der Waals surface area contributed by atoms with E-state index in [-0.39, 0.29) is 0 Å². The van der Waals surface area contributed by atoms with Crippen molar-refractivity contribution in [1.82, 2.24) is 5.32 Å². The smallest absolute Gasteiger partial charge is 0.00965 e. The Kier molecular flexibility index (Phi) is 5.66. The van der Waals surface area contributed by atoms with Gasteiger partial charge in [-0.05, 0) is 46.1 Å². The van der Waals surface area contributed by atoms with Gasteiger partial charge >= 0.3 is 0 Å². The van der Waals surface area contributed by atoms with Crippen LogP contribution in [0.1, 0.15) is 72.1 Å². The Labute approximate surface area is 96.0 Å². The molecule has 90 valence electrons. The Balaban J connectivity index is 2.03. The molecular formula is C14H29N. The van der Waals surface area contributed by atoms with E-state index >= 15 is 0 Å². The first kappa shape index (κ1) is 13.0. The van der Waals surface area contributed by atoms with E-state index < -0.39 is 0 Å². The fraction of sp³-hybridized carbons (Fsp3) is 1.00.